The van der Waals surface area contributed by atoms with Crippen LogP contribution in [-0.4, -0.2) is 73.3 Å². The molecule has 34 heavy (non-hydrogen) atoms. The molecule has 0 aromatic rings. The highest BCUT2D eigenvalue weighted by molar-refractivity contribution is 7.90. The molecule has 0 rings (SSSR count). The summed E-state index contributed by atoms with van der Waals surface area (Å²) in [6.07, 6.45) is -8.37. The molecule has 0 aromatic carbocycles. The number of hydrogen-bond donors (Lipinski definition) is 0. The molecule has 0 heterocycles. The van der Waals surface area contributed by atoms with Crippen molar-refractivity contribution in [1.82, 2.24) is 4.31 Å². The molecule has 0 fully saturated rings. The van der Waals surface area contributed by atoms with E-state index in [0.29, 0.717) is 0 Å². The lowest BCUT2D eigenvalue weighted by atomic mass is 9.91. The van der Waals surface area contributed by atoms with Crippen LogP contribution in [0.1, 0.15) is 19.8 Å². The molecule has 21 heteroatoms. The standard InChI is InChI=1S/C13H12F17NO2S/c1-3-4-5-31(2)34(32,33)13(29,30)11(24,25)9(20,21)7(16,17)6(14,15)8(18,19)10(22,23)12(26,27)28/h3-5H2,1-2H3. The molecule has 0 aromatic heterocycles. The van der Waals surface area contributed by atoms with Crippen LogP contribution in [0, 0.1) is 0 Å². The first-order valence-corrected chi connectivity index (χ1v) is 9.59. The molecule has 0 aliphatic carbocycles. The van der Waals surface area contributed by atoms with Gasteiger partial charge in [0.15, 0.2) is 0 Å². The van der Waals surface area contributed by atoms with Crippen molar-refractivity contribution in [3.05, 3.63) is 0 Å². The lowest BCUT2D eigenvalue weighted by Crippen LogP contribution is -2.75. The maximum atomic E-state index is 13.8. The minimum Gasteiger partial charge on any atom is -0.206 e. The van der Waals surface area contributed by atoms with Gasteiger partial charge in [-0.05, 0) is 6.42 Å². The molecule has 0 bridgehead atoms. The predicted octanol–water partition coefficient (Wildman–Crippen LogP) is 6.02. The van der Waals surface area contributed by atoms with E-state index in [0.717, 1.165) is 0 Å². The van der Waals surface area contributed by atoms with Crippen molar-refractivity contribution in [3.8, 4) is 0 Å². The summed E-state index contributed by atoms with van der Waals surface area (Å²) >= 11 is 0. The van der Waals surface area contributed by atoms with E-state index in [9.17, 15) is 83.1 Å². The average Bonchev–Trinajstić information content (AvgIpc) is 2.63. The smallest absolute Gasteiger partial charge is 0.206 e. The Balaban J connectivity index is 6.89. The Hall–Kier alpha value is -1.28. The van der Waals surface area contributed by atoms with Crippen molar-refractivity contribution in [2.75, 3.05) is 13.6 Å². The van der Waals surface area contributed by atoms with Gasteiger partial charge in [0.2, 0.25) is 0 Å². The maximum Gasteiger partial charge on any atom is 0.460 e. The normalized spacial score (nSPS) is 16.4. The number of nitrogens with zero attached hydrogens (tertiary/aromatic N) is 1. The van der Waals surface area contributed by atoms with Gasteiger partial charge in [-0.15, -0.1) is 0 Å². The van der Waals surface area contributed by atoms with Crippen LogP contribution in [-0.2, 0) is 10.0 Å². The zero-order chi connectivity index (χ0) is 28.2. The fraction of sp³-hybridized carbons (Fsp3) is 1.00. The van der Waals surface area contributed by atoms with Gasteiger partial charge in [0.25, 0.3) is 10.0 Å². The number of halogens is 17. The zero-order valence-electron chi connectivity index (χ0n) is 16.2. The molecule has 0 N–H and O–H groups in total. The van der Waals surface area contributed by atoms with E-state index in [1.165, 1.54) is 6.92 Å². The molecule has 0 amide bonds. The van der Waals surface area contributed by atoms with Crippen molar-refractivity contribution in [2.45, 2.75) is 66.7 Å². The molecule has 0 radical (unpaired) electrons. The Morgan fingerprint density at radius 1 is 0.559 bits per heavy atom. The molecule has 0 spiro atoms. The summed E-state index contributed by atoms with van der Waals surface area (Å²) in [4.78, 5) is 0. The third-order valence-electron chi connectivity index (χ3n) is 4.25. The van der Waals surface area contributed by atoms with E-state index >= 15 is 0 Å². The number of alkyl halides is 17. The van der Waals surface area contributed by atoms with Crippen molar-refractivity contribution >= 4 is 10.0 Å². The molecule has 0 aliphatic heterocycles. The third kappa shape index (κ3) is 4.16. The first-order chi connectivity index (χ1) is 14.5. The molecule has 206 valence electrons. The van der Waals surface area contributed by atoms with Crippen LogP contribution in [0.4, 0.5) is 74.6 Å². The van der Waals surface area contributed by atoms with Crippen molar-refractivity contribution in [2.24, 2.45) is 0 Å². The van der Waals surface area contributed by atoms with Gasteiger partial charge in [-0.2, -0.15) is 78.9 Å². The summed E-state index contributed by atoms with van der Waals surface area (Å²) in [5, 5.41) is -7.49. The number of sulfonamides is 1. The van der Waals surface area contributed by atoms with E-state index in [1.54, 1.807) is 0 Å². The van der Waals surface area contributed by atoms with Gasteiger partial charge >= 0.3 is 47.0 Å². The Morgan fingerprint density at radius 2 is 0.853 bits per heavy atom. The third-order valence-corrected chi connectivity index (χ3v) is 6.16. The minimum atomic E-state index is -8.82. The highest BCUT2D eigenvalue weighted by Gasteiger charge is 2.96. The Labute approximate surface area is 178 Å². The topological polar surface area (TPSA) is 37.4 Å². The zero-order valence-corrected chi connectivity index (χ0v) is 17.0. The van der Waals surface area contributed by atoms with Crippen LogP contribution in [0.15, 0.2) is 0 Å². The lowest BCUT2D eigenvalue weighted by molar-refractivity contribution is -0.458. The largest absolute Gasteiger partial charge is 0.460 e. The summed E-state index contributed by atoms with van der Waals surface area (Å²) in [5.41, 5.74) is 0. The molecule has 0 aliphatic rings. The Bertz CT molecular complexity index is 833. The van der Waals surface area contributed by atoms with Crippen molar-refractivity contribution in [1.29, 1.82) is 0 Å². The molecular formula is C13H12F17NO2S. The van der Waals surface area contributed by atoms with Crippen LogP contribution in [0.5, 0.6) is 0 Å². The quantitative estimate of drug-likeness (QED) is 0.286. The van der Waals surface area contributed by atoms with Gasteiger partial charge in [-0.1, -0.05) is 13.3 Å². The van der Waals surface area contributed by atoms with Gasteiger partial charge in [-0.25, -0.2) is 8.42 Å². The Morgan fingerprint density at radius 3 is 1.15 bits per heavy atom. The highest BCUT2D eigenvalue weighted by atomic mass is 32.2. The van der Waals surface area contributed by atoms with E-state index in [2.05, 4.69) is 0 Å². The fourth-order valence-electron chi connectivity index (χ4n) is 2.01. The van der Waals surface area contributed by atoms with Gasteiger partial charge in [0.05, 0.1) is 0 Å². The highest BCUT2D eigenvalue weighted by Crippen LogP contribution is 2.64. The average molecular weight is 569 g/mol. The molecular weight excluding hydrogens is 557 g/mol. The number of hydrogen-bond acceptors (Lipinski definition) is 2. The van der Waals surface area contributed by atoms with Gasteiger partial charge in [-0.3, -0.25) is 0 Å². The summed E-state index contributed by atoms with van der Waals surface area (Å²) in [5.74, 6) is -51.5. The van der Waals surface area contributed by atoms with E-state index in [1.807, 2.05) is 0 Å². The van der Waals surface area contributed by atoms with Gasteiger partial charge in [0.1, 0.15) is 0 Å². The molecule has 0 saturated heterocycles. The lowest BCUT2D eigenvalue weighted by Gasteiger charge is -2.42. The second-order valence-electron chi connectivity index (χ2n) is 6.64. The van der Waals surface area contributed by atoms with Gasteiger partial charge in [0, 0.05) is 13.6 Å². The molecule has 0 atom stereocenters. The fourth-order valence-corrected chi connectivity index (χ4v) is 3.22. The van der Waals surface area contributed by atoms with E-state index < -0.39 is 74.3 Å². The second kappa shape index (κ2) is 8.68. The van der Waals surface area contributed by atoms with E-state index in [4.69, 9.17) is 0 Å². The minimum absolute atomic E-state index is 0.0118. The van der Waals surface area contributed by atoms with Crippen LogP contribution in [0.3, 0.4) is 0 Å². The SMILES string of the molecule is CCCCN(C)S(=O)(=O)C(F)(F)C(F)(F)C(F)(F)C(F)(F)C(F)(F)C(F)(F)C(F)(F)C(F)(F)F. The first kappa shape index (κ1) is 32.7. The maximum absolute atomic E-state index is 13.8. The van der Waals surface area contributed by atoms with Gasteiger partial charge < -0.3 is 0 Å². The number of rotatable bonds is 11. The second-order valence-corrected chi connectivity index (χ2v) is 8.73. The monoisotopic (exact) mass is 569 g/mol. The predicted molar refractivity (Wildman–Crippen MR) is 77.1 cm³/mol. The summed E-state index contributed by atoms with van der Waals surface area (Å²) in [6, 6.07) is 0. The van der Waals surface area contributed by atoms with E-state index in [-0.39, 0.29) is 13.5 Å². The molecule has 3 nitrogen and oxygen atoms in total. The van der Waals surface area contributed by atoms with Crippen molar-refractivity contribution in [3.63, 3.8) is 0 Å². The van der Waals surface area contributed by atoms with Crippen LogP contribution >= 0.6 is 0 Å². The van der Waals surface area contributed by atoms with Crippen molar-refractivity contribution < 1.29 is 83.1 Å². The first-order valence-electron chi connectivity index (χ1n) is 8.15. The summed E-state index contributed by atoms with van der Waals surface area (Å²) in [6.45, 7) is 0.0827. The van der Waals surface area contributed by atoms with Crippen LogP contribution < -0.4 is 0 Å². The summed E-state index contributed by atoms with van der Waals surface area (Å²) in [7, 11) is -7.16. The number of unbranched alkanes of at least 4 members (excludes halogenated alkanes) is 1. The van der Waals surface area contributed by atoms with Crippen LogP contribution in [0.2, 0.25) is 0 Å². The molecule has 0 unspecified atom stereocenters. The summed E-state index contributed by atoms with van der Waals surface area (Å²) < 4.78 is 246. The Kier molecular flexibility index (Phi) is 8.35. The van der Waals surface area contributed by atoms with Crippen LogP contribution in [0.25, 0.3) is 0 Å². The molecule has 0 saturated carbocycles.